The van der Waals surface area contributed by atoms with Crippen molar-refractivity contribution in [2.24, 2.45) is 21.8 Å². The number of nitrogens with one attached hydrogen (secondary N) is 4. The molecule has 0 unspecified atom stereocenters. The van der Waals surface area contributed by atoms with Crippen LogP contribution in [0.2, 0.25) is 0 Å². The molecule has 4 N–H and O–H groups in total. The second-order valence-electron chi connectivity index (χ2n) is 20.0. The van der Waals surface area contributed by atoms with Crippen molar-refractivity contribution in [1.82, 2.24) is 31.2 Å². The van der Waals surface area contributed by atoms with E-state index in [0.717, 1.165) is 26.8 Å². The van der Waals surface area contributed by atoms with Crippen LogP contribution in [-0.2, 0) is 56.1 Å². The Morgan fingerprint density at radius 1 is 0.740 bits per heavy atom. The average molecular weight is 1290 g/mol. The summed E-state index contributed by atoms with van der Waals surface area (Å²) in [4.78, 5) is 108. The highest BCUT2D eigenvalue weighted by atomic mass is 127. The molecule has 24 heteroatoms. The van der Waals surface area contributed by atoms with Gasteiger partial charge in [0.1, 0.15) is 66.9 Å². The first kappa shape index (κ1) is 66.2. The second-order valence-corrected chi connectivity index (χ2v) is 27.9. The molecule has 0 aliphatic carbocycles. The number of fused-ring (bicyclic) bond motifs is 8. The molecule has 8 bridgehead atoms. The third kappa shape index (κ3) is 22.6. The Balaban J connectivity index is 0.000000319. The number of thiazole rings is 2. The minimum absolute atomic E-state index is 0.0399. The fraction of sp³-hybridized carbons (Fsp3) is 0.642. The average Bonchev–Trinajstić information content (AvgIpc) is 4.21. The molecule has 4 aliphatic heterocycles. The van der Waals surface area contributed by atoms with E-state index < -0.39 is 47.3 Å². The van der Waals surface area contributed by atoms with Crippen molar-refractivity contribution in [3.8, 4) is 0 Å². The van der Waals surface area contributed by atoms with Crippen LogP contribution in [0.3, 0.4) is 0 Å². The van der Waals surface area contributed by atoms with E-state index in [4.69, 9.17) is 21.1 Å². The molecule has 0 spiro atoms. The number of amides is 4. The van der Waals surface area contributed by atoms with Gasteiger partial charge in [-0.3, -0.25) is 34.0 Å². The van der Waals surface area contributed by atoms with Gasteiger partial charge in [0.25, 0.3) is 0 Å². The lowest BCUT2D eigenvalue weighted by Crippen LogP contribution is -2.53. The number of ether oxygens (including phenoxy) is 2. The van der Waals surface area contributed by atoms with Crippen LogP contribution in [0.5, 0.6) is 0 Å². The molecule has 4 amide bonds. The number of thioether (sulfide) groups is 3. The summed E-state index contributed by atoms with van der Waals surface area (Å²) in [7, 11) is 0. The fourth-order valence-electron chi connectivity index (χ4n) is 7.41. The highest BCUT2D eigenvalue weighted by Crippen LogP contribution is 2.34. The molecular weight excluding hydrogens is 1220 g/mol. The predicted octanol–water partition coefficient (Wildman–Crippen LogP) is 9.52. The van der Waals surface area contributed by atoms with Crippen LogP contribution in [0.25, 0.3) is 0 Å². The van der Waals surface area contributed by atoms with Crippen molar-refractivity contribution >= 4 is 143 Å². The number of allylic oxidation sites excluding steroid dienone is 2. The molecule has 426 valence electrons. The lowest BCUT2D eigenvalue weighted by atomic mass is 10.0. The topological polar surface area (TPSA) is 237 Å². The first-order valence-electron chi connectivity index (χ1n) is 26.2. The zero-order chi connectivity index (χ0) is 56.7. The van der Waals surface area contributed by atoms with E-state index >= 15 is 0 Å². The molecule has 2 aromatic rings. The molecule has 6 atom stereocenters. The van der Waals surface area contributed by atoms with Gasteiger partial charge >= 0.3 is 11.9 Å². The quantitative estimate of drug-likeness (QED) is 0.0427. The molecule has 2 aromatic heterocycles. The van der Waals surface area contributed by atoms with Gasteiger partial charge in [-0.1, -0.05) is 121 Å². The molecule has 0 saturated carbocycles. The SMILES string of the molecule is CC(C)I.CC(C)[C@@H]1NC(=O)[C@]2(C)CSC(=N2)c2csc(n2)CNC(=O)C[C@@H](/C=C/CCCl)OC1=O.CCCCCCCC(=O)SCC/C=C/[C@@H]1CC(=O)NCc2nc(cs2)C2=N[C@@](C)(CS2)C(=O)N[C@@H](C(C)C)C(=O)O1. The molecule has 77 heavy (non-hydrogen) atoms. The summed E-state index contributed by atoms with van der Waals surface area (Å²) >= 11 is 15.1. The Labute approximate surface area is 493 Å². The van der Waals surface area contributed by atoms with Crippen molar-refractivity contribution in [2.75, 3.05) is 23.1 Å². The van der Waals surface area contributed by atoms with Gasteiger partial charge < -0.3 is 30.7 Å². The van der Waals surface area contributed by atoms with Gasteiger partial charge in [0.2, 0.25) is 23.6 Å². The van der Waals surface area contributed by atoms with Crippen LogP contribution in [0.1, 0.15) is 148 Å². The van der Waals surface area contributed by atoms with Crippen LogP contribution >= 0.6 is 92.2 Å². The summed E-state index contributed by atoms with van der Waals surface area (Å²) < 4.78 is 12.2. The number of carbonyl (C=O) groups is 7. The maximum absolute atomic E-state index is 13.3. The zero-order valence-corrected chi connectivity index (χ0v) is 52.6. The number of aromatic nitrogens is 2. The number of hydrogen-bond acceptors (Lipinski definition) is 18. The lowest BCUT2D eigenvalue weighted by molar-refractivity contribution is -0.154. The number of carbonyl (C=O) groups excluding carboxylic acids is 7. The first-order valence-corrected chi connectivity index (χ1v) is 32.7. The number of aliphatic imine (C=N–C) groups is 2. The minimum Gasteiger partial charge on any atom is -0.456 e. The lowest BCUT2D eigenvalue weighted by Gasteiger charge is -2.27. The van der Waals surface area contributed by atoms with Crippen molar-refractivity contribution < 1.29 is 43.0 Å². The van der Waals surface area contributed by atoms with Crippen LogP contribution in [-0.4, -0.2) is 123 Å². The van der Waals surface area contributed by atoms with E-state index in [2.05, 4.69) is 84.6 Å². The number of nitrogens with zero attached hydrogens (tertiary/aromatic N) is 4. The molecule has 6 rings (SSSR count). The standard InChI is InChI=1S/C29H42N4O5S3.C21H27ClN4O4S2.C3H7I/c1-5-6-7-8-9-13-24(35)39-14-11-10-12-20-15-22(34)30-16-23-31-21(17-40-23)26-33-29(4,18-41-26)28(37)32-25(19(2)3)27(36)38-20;1-12(2)17-19(28)30-13(6-4-5-7-22)8-15(27)23-9-16-24-14(10-31-16)18-26-21(3,11-32-18)20(29)25-17;1-3(2)4/h10,12,17,19-20,25H,5-9,11,13-16,18H2,1-4H3,(H,30,34)(H,32,37);4,6,10,12-13,17H,5,7-9,11H2,1-3H3,(H,23,27)(H,25,29);3H,1-2H3/b12-10+;6-4+;/t20-,25+,29+;13-,17+,21+;/m11./s1. The molecule has 0 fully saturated rings. The van der Waals surface area contributed by atoms with Crippen molar-refractivity contribution in [2.45, 2.75) is 179 Å². The predicted molar refractivity (Wildman–Crippen MR) is 323 cm³/mol. The van der Waals surface area contributed by atoms with Gasteiger partial charge in [0.15, 0.2) is 5.12 Å². The Morgan fingerprint density at radius 2 is 1.18 bits per heavy atom. The summed E-state index contributed by atoms with van der Waals surface area (Å²) in [6.45, 7) is 17.8. The van der Waals surface area contributed by atoms with Crippen LogP contribution in [0, 0.1) is 11.8 Å². The summed E-state index contributed by atoms with van der Waals surface area (Å²) in [5.74, 6) is -0.978. The molecule has 0 radical (unpaired) electrons. The smallest absolute Gasteiger partial charge is 0.329 e. The van der Waals surface area contributed by atoms with Gasteiger partial charge in [-0.25, -0.2) is 19.6 Å². The Hall–Kier alpha value is -3.36. The molecule has 4 aliphatic rings. The normalized spacial score (nSPS) is 24.5. The monoisotopic (exact) mass is 1290 g/mol. The maximum atomic E-state index is 13.3. The Morgan fingerprint density at radius 3 is 1.61 bits per heavy atom. The van der Waals surface area contributed by atoms with Crippen molar-refractivity contribution in [3.63, 3.8) is 0 Å². The van der Waals surface area contributed by atoms with Crippen molar-refractivity contribution in [3.05, 3.63) is 56.5 Å². The van der Waals surface area contributed by atoms with E-state index in [0.29, 0.717) is 63.9 Å². The first-order chi connectivity index (χ1) is 36.6. The number of halogens is 2. The molecule has 17 nitrogen and oxygen atoms in total. The summed E-state index contributed by atoms with van der Waals surface area (Å²) in [6, 6.07) is -1.76. The molecule has 0 saturated heterocycles. The number of unbranched alkanes of at least 4 members (excludes halogenated alkanes) is 4. The van der Waals surface area contributed by atoms with Gasteiger partial charge in [0.05, 0.1) is 25.9 Å². The molecule has 6 heterocycles. The summed E-state index contributed by atoms with van der Waals surface area (Å²) in [6.07, 6.45) is 12.6. The van der Waals surface area contributed by atoms with Gasteiger partial charge in [-0.15, -0.1) is 57.8 Å². The van der Waals surface area contributed by atoms with Crippen LogP contribution < -0.4 is 21.3 Å². The summed E-state index contributed by atoms with van der Waals surface area (Å²) in [5, 5.41) is 18.1. The highest BCUT2D eigenvalue weighted by molar-refractivity contribution is 14.1. The number of alkyl halides is 2. The second kappa shape index (κ2) is 33.4. The third-order valence-corrected chi connectivity index (χ3v) is 17.2. The number of hydrogen-bond donors (Lipinski definition) is 4. The van der Waals surface area contributed by atoms with E-state index in [9.17, 15) is 33.6 Å². The molecule has 0 aromatic carbocycles. The maximum Gasteiger partial charge on any atom is 0.329 e. The fourth-order valence-corrected chi connectivity index (χ4v) is 12.2. The largest absolute Gasteiger partial charge is 0.456 e. The van der Waals surface area contributed by atoms with Crippen molar-refractivity contribution in [1.29, 1.82) is 0 Å². The highest BCUT2D eigenvalue weighted by Gasteiger charge is 2.43. The van der Waals surface area contributed by atoms with E-state index in [1.54, 1.807) is 32.1 Å². The van der Waals surface area contributed by atoms with Crippen LogP contribution in [0.4, 0.5) is 0 Å². The molecular formula is C53H76ClIN8O9S5. The van der Waals surface area contributed by atoms with E-state index in [1.165, 1.54) is 77.2 Å². The van der Waals surface area contributed by atoms with Gasteiger partial charge in [-0.2, -0.15) is 0 Å². The zero-order valence-electron chi connectivity index (χ0n) is 45.6. The summed E-state index contributed by atoms with van der Waals surface area (Å²) in [5.41, 5.74) is -0.676. The van der Waals surface area contributed by atoms with Crippen LogP contribution in [0.15, 0.2) is 45.0 Å². The number of cyclic esters (lactones) is 2. The number of rotatable bonds is 15. The van der Waals surface area contributed by atoms with E-state index in [1.807, 2.05) is 44.5 Å². The van der Waals surface area contributed by atoms with Gasteiger partial charge in [-0.05, 0) is 57.1 Å². The Kier molecular flexibility index (Phi) is 28.7. The minimum atomic E-state index is -1.04. The number of esters is 2. The third-order valence-electron chi connectivity index (χ3n) is 11.8. The van der Waals surface area contributed by atoms with E-state index in [-0.39, 0.29) is 66.5 Å². The Bertz CT molecular complexity index is 2450. The van der Waals surface area contributed by atoms with Gasteiger partial charge in [0, 0.05) is 44.2 Å².